The minimum Gasteiger partial charge on any atom is -0.454 e. The highest BCUT2D eigenvalue weighted by Gasteiger charge is 2.14. The van der Waals surface area contributed by atoms with E-state index in [2.05, 4.69) is 19.2 Å². The van der Waals surface area contributed by atoms with E-state index in [1.807, 2.05) is 18.2 Å². The first-order valence-electron chi connectivity index (χ1n) is 8.36. The van der Waals surface area contributed by atoms with E-state index in [1.165, 1.54) is 0 Å². The molecule has 1 aliphatic heterocycles. The first-order valence-corrected chi connectivity index (χ1v) is 8.36. The Kier molecular flexibility index (Phi) is 6.46. The van der Waals surface area contributed by atoms with Crippen LogP contribution in [0.5, 0.6) is 11.5 Å². The van der Waals surface area contributed by atoms with Gasteiger partial charge in [0.2, 0.25) is 18.6 Å². The van der Waals surface area contributed by atoms with E-state index in [-0.39, 0.29) is 18.6 Å². The van der Waals surface area contributed by atoms with Crippen LogP contribution in [0.1, 0.15) is 39.2 Å². The third-order valence-corrected chi connectivity index (χ3v) is 3.96. The summed E-state index contributed by atoms with van der Waals surface area (Å²) in [6, 6.07) is 5.61. The molecule has 0 spiro atoms. The van der Waals surface area contributed by atoms with Crippen LogP contribution < -0.4 is 14.8 Å². The van der Waals surface area contributed by atoms with Gasteiger partial charge in [0.15, 0.2) is 11.5 Å². The summed E-state index contributed by atoms with van der Waals surface area (Å²) < 4.78 is 10.6. The van der Waals surface area contributed by atoms with Gasteiger partial charge in [-0.05, 0) is 30.0 Å². The Hall–Kier alpha value is -2.24. The van der Waals surface area contributed by atoms with Crippen LogP contribution in [0.4, 0.5) is 0 Å². The molecule has 6 heteroatoms. The molecular formula is C18H26N2O4. The van der Waals surface area contributed by atoms with Crippen molar-refractivity contribution in [1.29, 1.82) is 0 Å². The van der Waals surface area contributed by atoms with Crippen molar-refractivity contribution < 1.29 is 19.1 Å². The highest BCUT2D eigenvalue weighted by atomic mass is 16.7. The Morgan fingerprint density at radius 2 is 1.96 bits per heavy atom. The summed E-state index contributed by atoms with van der Waals surface area (Å²) in [6.07, 6.45) is 1.25. The van der Waals surface area contributed by atoms with Gasteiger partial charge >= 0.3 is 0 Å². The average Bonchev–Trinajstić information content (AvgIpc) is 2.99. The van der Waals surface area contributed by atoms with Crippen molar-refractivity contribution in [2.45, 2.75) is 40.2 Å². The molecule has 0 unspecified atom stereocenters. The van der Waals surface area contributed by atoms with Gasteiger partial charge in [-0.25, -0.2) is 0 Å². The van der Waals surface area contributed by atoms with Crippen molar-refractivity contribution >= 4 is 11.8 Å². The molecule has 24 heavy (non-hydrogen) atoms. The van der Waals surface area contributed by atoms with Crippen LogP contribution in [0.25, 0.3) is 0 Å². The molecule has 1 aromatic carbocycles. The molecule has 1 aromatic rings. The number of amides is 2. The van der Waals surface area contributed by atoms with E-state index in [4.69, 9.17) is 9.47 Å². The normalized spacial score (nSPS) is 12.3. The molecule has 0 fully saturated rings. The number of carbonyl (C=O) groups excluding carboxylic acids is 2. The SMILES string of the molecule is CC(=O)N(CCC(=O)NCc1ccc2c(c1)OCO2)CCC(C)C. The quantitative estimate of drug-likeness (QED) is 0.792. The van der Waals surface area contributed by atoms with Crippen LogP contribution in [-0.2, 0) is 16.1 Å². The molecule has 2 rings (SSSR count). The number of nitrogens with one attached hydrogen (secondary N) is 1. The Labute approximate surface area is 143 Å². The summed E-state index contributed by atoms with van der Waals surface area (Å²) in [7, 11) is 0. The Balaban J connectivity index is 1.75. The molecule has 6 nitrogen and oxygen atoms in total. The van der Waals surface area contributed by atoms with Gasteiger partial charge in [-0.3, -0.25) is 9.59 Å². The molecule has 1 aliphatic rings. The number of hydrogen-bond acceptors (Lipinski definition) is 4. The van der Waals surface area contributed by atoms with E-state index in [9.17, 15) is 9.59 Å². The van der Waals surface area contributed by atoms with Gasteiger partial charge in [-0.15, -0.1) is 0 Å². The fraction of sp³-hybridized carbons (Fsp3) is 0.556. The van der Waals surface area contributed by atoms with Gasteiger partial charge in [0, 0.05) is 33.0 Å². The lowest BCUT2D eigenvalue weighted by Gasteiger charge is -2.21. The van der Waals surface area contributed by atoms with Crippen LogP contribution in [0.15, 0.2) is 18.2 Å². The van der Waals surface area contributed by atoms with Crippen molar-refractivity contribution in [2.24, 2.45) is 5.92 Å². The molecule has 0 aromatic heterocycles. The second-order valence-corrected chi connectivity index (χ2v) is 6.40. The molecule has 2 amide bonds. The van der Waals surface area contributed by atoms with Crippen molar-refractivity contribution in [2.75, 3.05) is 19.9 Å². The zero-order valence-corrected chi connectivity index (χ0v) is 14.6. The van der Waals surface area contributed by atoms with Crippen LogP contribution in [0, 0.1) is 5.92 Å². The molecule has 1 heterocycles. The number of rotatable bonds is 8. The third-order valence-electron chi connectivity index (χ3n) is 3.96. The minimum absolute atomic E-state index is 0.0132. The maximum Gasteiger partial charge on any atom is 0.231 e. The summed E-state index contributed by atoms with van der Waals surface area (Å²) in [5.41, 5.74) is 0.954. The number of hydrogen-bond donors (Lipinski definition) is 1. The number of nitrogens with zero attached hydrogens (tertiary/aromatic N) is 1. The molecule has 0 bridgehead atoms. The number of fused-ring (bicyclic) bond motifs is 1. The van der Waals surface area contributed by atoms with Gasteiger partial charge in [0.25, 0.3) is 0 Å². The molecule has 0 radical (unpaired) electrons. The molecular weight excluding hydrogens is 308 g/mol. The molecule has 0 aliphatic carbocycles. The standard InChI is InChI=1S/C18H26N2O4/c1-13(2)6-8-20(14(3)21)9-7-18(22)19-11-15-4-5-16-17(10-15)24-12-23-16/h4-5,10,13H,6-9,11-12H2,1-3H3,(H,19,22). The summed E-state index contributed by atoms with van der Waals surface area (Å²) in [6.45, 7) is 7.61. The van der Waals surface area contributed by atoms with Gasteiger partial charge in [0.05, 0.1) is 0 Å². The second-order valence-electron chi connectivity index (χ2n) is 6.40. The van der Waals surface area contributed by atoms with E-state index in [0.717, 1.165) is 17.7 Å². The summed E-state index contributed by atoms with van der Waals surface area (Å²) >= 11 is 0. The van der Waals surface area contributed by atoms with E-state index < -0.39 is 0 Å². The van der Waals surface area contributed by atoms with Crippen LogP contribution in [-0.4, -0.2) is 36.6 Å². The summed E-state index contributed by atoms with van der Waals surface area (Å²) in [5.74, 6) is 1.92. The maximum absolute atomic E-state index is 12.0. The first-order chi connectivity index (χ1) is 11.5. The van der Waals surface area contributed by atoms with E-state index in [1.54, 1.807) is 11.8 Å². The van der Waals surface area contributed by atoms with Crippen LogP contribution >= 0.6 is 0 Å². The zero-order chi connectivity index (χ0) is 17.5. The predicted octanol–water partition coefficient (Wildman–Crippen LogP) is 2.32. The monoisotopic (exact) mass is 334 g/mol. The van der Waals surface area contributed by atoms with Gasteiger partial charge in [0.1, 0.15) is 0 Å². The van der Waals surface area contributed by atoms with E-state index in [0.29, 0.717) is 37.7 Å². The van der Waals surface area contributed by atoms with E-state index >= 15 is 0 Å². The first kappa shape index (κ1) is 18.1. The van der Waals surface area contributed by atoms with Crippen LogP contribution in [0.3, 0.4) is 0 Å². The summed E-state index contributed by atoms with van der Waals surface area (Å²) in [5, 5.41) is 2.88. The smallest absolute Gasteiger partial charge is 0.231 e. The Bertz CT molecular complexity index is 586. The van der Waals surface area contributed by atoms with Crippen molar-refractivity contribution in [1.82, 2.24) is 10.2 Å². The maximum atomic E-state index is 12.0. The van der Waals surface area contributed by atoms with Crippen molar-refractivity contribution in [3.8, 4) is 11.5 Å². The fourth-order valence-corrected chi connectivity index (χ4v) is 2.42. The van der Waals surface area contributed by atoms with Gasteiger partial charge in [-0.2, -0.15) is 0 Å². The van der Waals surface area contributed by atoms with Crippen molar-refractivity contribution in [3.05, 3.63) is 23.8 Å². The fourth-order valence-electron chi connectivity index (χ4n) is 2.42. The molecule has 0 atom stereocenters. The van der Waals surface area contributed by atoms with Crippen molar-refractivity contribution in [3.63, 3.8) is 0 Å². The van der Waals surface area contributed by atoms with Gasteiger partial charge in [-0.1, -0.05) is 19.9 Å². The Morgan fingerprint density at radius 3 is 2.67 bits per heavy atom. The lowest BCUT2D eigenvalue weighted by atomic mass is 10.1. The lowest BCUT2D eigenvalue weighted by molar-refractivity contribution is -0.129. The Morgan fingerprint density at radius 1 is 1.21 bits per heavy atom. The van der Waals surface area contributed by atoms with Crippen LogP contribution in [0.2, 0.25) is 0 Å². The predicted molar refractivity (Wildman–Crippen MR) is 90.7 cm³/mol. The second kappa shape index (κ2) is 8.57. The lowest BCUT2D eigenvalue weighted by Crippen LogP contribution is -2.34. The molecule has 0 saturated heterocycles. The minimum atomic E-state index is -0.0662. The van der Waals surface area contributed by atoms with Gasteiger partial charge < -0.3 is 19.7 Å². The largest absolute Gasteiger partial charge is 0.454 e. The third kappa shape index (κ3) is 5.44. The molecule has 0 saturated carbocycles. The highest BCUT2D eigenvalue weighted by molar-refractivity contribution is 5.78. The highest BCUT2D eigenvalue weighted by Crippen LogP contribution is 2.32. The number of ether oxygens (including phenoxy) is 2. The summed E-state index contributed by atoms with van der Waals surface area (Å²) in [4.78, 5) is 25.4. The number of carbonyl (C=O) groups is 2. The average molecular weight is 334 g/mol. The zero-order valence-electron chi connectivity index (χ0n) is 14.6. The topological polar surface area (TPSA) is 67.9 Å². The molecule has 132 valence electrons. The molecule has 1 N–H and O–H groups in total. The number of benzene rings is 1.